The van der Waals surface area contributed by atoms with Crippen LogP contribution in [0.25, 0.3) is 17.0 Å². The maximum absolute atomic E-state index is 12.9. The first-order chi connectivity index (χ1) is 16.1. The van der Waals surface area contributed by atoms with Crippen molar-refractivity contribution in [1.82, 2.24) is 18.9 Å². The van der Waals surface area contributed by atoms with E-state index in [1.165, 1.54) is 26.4 Å². The minimum absolute atomic E-state index is 0.0475. The predicted octanol–water partition coefficient (Wildman–Crippen LogP) is 1.87. The molecule has 0 spiro atoms. The van der Waals surface area contributed by atoms with Crippen molar-refractivity contribution < 1.29 is 23.1 Å². The van der Waals surface area contributed by atoms with Crippen LogP contribution in [0, 0.1) is 6.92 Å². The third-order valence-corrected chi connectivity index (χ3v) is 6.87. The van der Waals surface area contributed by atoms with Crippen LogP contribution in [-0.2, 0) is 15.0 Å². The molecule has 3 rings (SSSR count). The molecule has 2 aromatic carbocycles. The largest absolute Gasteiger partial charge is 0.396 e. The Labute approximate surface area is 198 Å². The molecule has 3 N–H and O–H groups in total. The fraction of sp³-hybridized carbons (Fsp3) is 0.250. The van der Waals surface area contributed by atoms with Crippen LogP contribution in [0.2, 0.25) is 0 Å². The molecule has 1 aromatic heterocycles. The first-order valence-corrected chi connectivity index (χ1v) is 12.1. The molecule has 3 aromatic rings. The number of amides is 2. The van der Waals surface area contributed by atoms with Crippen molar-refractivity contribution in [1.29, 1.82) is 0 Å². The number of benzene rings is 2. The average Bonchev–Trinajstić information content (AvgIpc) is 3.18. The maximum atomic E-state index is 12.9. The molecule has 0 aliphatic heterocycles. The number of nitrogens with one attached hydrogen (secondary N) is 2. The Morgan fingerprint density at radius 3 is 2.41 bits per heavy atom. The minimum atomic E-state index is -3.82. The third-order valence-electron chi connectivity index (χ3n) is 5.15. The average molecular weight is 485 g/mol. The summed E-state index contributed by atoms with van der Waals surface area (Å²) in [6.07, 6.45) is 3.22. The van der Waals surface area contributed by atoms with E-state index in [2.05, 4.69) is 10.6 Å². The van der Waals surface area contributed by atoms with Gasteiger partial charge in [-0.3, -0.25) is 9.59 Å². The Balaban J connectivity index is 2.07. The number of rotatable bonds is 9. The molecule has 0 fully saturated rings. The summed E-state index contributed by atoms with van der Waals surface area (Å²) < 4.78 is 27.9. The summed E-state index contributed by atoms with van der Waals surface area (Å²) in [5.41, 5.74) is 2.19. The first kappa shape index (κ1) is 25.2. The molecule has 0 saturated heterocycles. The third kappa shape index (κ3) is 5.53. The van der Waals surface area contributed by atoms with Crippen molar-refractivity contribution in [2.45, 2.75) is 13.3 Å². The summed E-state index contributed by atoms with van der Waals surface area (Å²) in [5.74, 6) is -1.03. The summed E-state index contributed by atoms with van der Waals surface area (Å²) in [4.78, 5) is 25.7. The second-order valence-corrected chi connectivity index (χ2v) is 9.92. The van der Waals surface area contributed by atoms with Gasteiger partial charge in [0.15, 0.2) is 0 Å². The van der Waals surface area contributed by atoms with Crippen LogP contribution in [0.4, 0.5) is 0 Å². The van der Waals surface area contributed by atoms with Crippen molar-refractivity contribution in [3.8, 4) is 0 Å². The number of aromatic nitrogens is 1. The molecule has 0 aliphatic rings. The molecule has 0 aliphatic carbocycles. The number of aryl methyl sites for hydroxylation is 1. The zero-order valence-electron chi connectivity index (χ0n) is 19.3. The van der Waals surface area contributed by atoms with E-state index < -0.39 is 22.0 Å². The fourth-order valence-corrected chi connectivity index (χ4v) is 4.25. The molecule has 0 atom stereocenters. The molecule has 9 nitrogen and oxygen atoms in total. The van der Waals surface area contributed by atoms with Gasteiger partial charge >= 0.3 is 10.2 Å². The molecule has 10 heteroatoms. The molecular formula is C24H28N4O5S. The Bertz CT molecular complexity index is 1330. The van der Waals surface area contributed by atoms with Gasteiger partial charge in [0.25, 0.3) is 11.8 Å². The Kier molecular flexibility index (Phi) is 7.87. The summed E-state index contributed by atoms with van der Waals surface area (Å²) in [5, 5.41) is 14.9. The van der Waals surface area contributed by atoms with Gasteiger partial charge in [0, 0.05) is 50.0 Å². The van der Waals surface area contributed by atoms with Crippen LogP contribution in [-0.4, -0.2) is 60.9 Å². The number of aliphatic hydroxyl groups excluding tert-OH is 1. The van der Waals surface area contributed by atoms with E-state index >= 15 is 0 Å². The summed E-state index contributed by atoms with van der Waals surface area (Å²) in [7, 11) is -0.957. The smallest absolute Gasteiger partial charge is 0.307 e. The van der Waals surface area contributed by atoms with E-state index in [0.29, 0.717) is 28.5 Å². The van der Waals surface area contributed by atoms with Crippen molar-refractivity contribution in [2.75, 3.05) is 27.2 Å². The van der Waals surface area contributed by atoms with Crippen LogP contribution >= 0.6 is 0 Å². The van der Waals surface area contributed by atoms with Crippen molar-refractivity contribution in [2.24, 2.45) is 0 Å². The van der Waals surface area contributed by atoms with Gasteiger partial charge in [-0.2, -0.15) is 12.7 Å². The lowest BCUT2D eigenvalue weighted by Gasteiger charge is -2.13. The number of aliphatic hydroxyl groups is 1. The SMILES string of the molecule is Cc1ccc(C(=O)NC(=Cc2cn(S(=O)(=O)N(C)C)c3ccccc23)C(=O)NCCCO)cc1. The van der Waals surface area contributed by atoms with E-state index in [-0.39, 0.29) is 18.8 Å². The van der Waals surface area contributed by atoms with Crippen LogP contribution in [0.15, 0.2) is 60.4 Å². The van der Waals surface area contributed by atoms with E-state index in [0.717, 1.165) is 13.8 Å². The molecule has 0 unspecified atom stereocenters. The minimum Gasteiger partial charge on any atom is -0.396 e. The summed E-state index contributed by atoms with van der Waals surface area (Å²) in [6, 6.07) is 13.8. The van der Waals surface area contributed by atoms with Gasteiger partial charge in [0.05, 0.1) is 5.52 Å². The predicted molar refractivity (Wildman–Crippen MR) is 131 cm³/mol. The molecule has 0 bridgehead atoms. The second kappa shape index (κ2) is 10.6. The van der Waals surface area contributed by atoms with Gasteiger partial charge in [0.1, 0.15) is 5.70 Å². The number of carbonyl (C=O) groups is 2. The van der Waals surface area contributed by atoms with Crippen LogP contribution in [0.3, 0.4) is 0 Å². The van der Waals surface area contributed by atoms with E-state index in [1.807, 2.05) is 6.92 Å². The molecule has 34 heavy (non-hydrogen) atoms. The van der Waals surface area contributed by atoms with E-state index in [1.54, 1.807) is 48.5 Å². The van der Waals surface area contributed by atoms with Crippen LogP contribution in [0.1, 0.15) is 27.9 Å². The van der Waals surface area contributed by atoms with Crippen LogP contribution < -0.4 is 10.6 Å². The highest BCUT2D eigenvalue weighted by molar-refractivity contribution is 7.87. The summed E-state index contributed by atoms with van der Waals surface area (Å²) in [6.45, 7) is 2.02. The Morgan fingerprint density at radius 1 is 1.09 bits per heavy atom. The van der Waals surface area contributed by atoms with E-state index in [4.69, 9.17) is 5.11 Å². The zero-order chi connectivity index (χ0) is 24.9. The number of hydrogen-bond donors (Lipinski definition) is 3. The lowest BCUT2D eigenvalue weighted by atomic mass is 10.1. The quantitative estimate of drug-likeness (QED) is 0.316. The Hall–Kier alpha value is -3.47. The van der Waals surface area contributed by atoms with Gasteiger partial charge < -0.3 is 15.7 Å². The van der Waals surface area contributed by atoms with Gasteiger partial charge in [-0.05, 0) is 37.6 Å². The number of fused-ring (bicyclic) bond motifs is 1. The zero-order valence-corrected chi connectivity index (χ0v) is 20.1. The number of nitrogens with zero attached hydrogens (tertiary/aromatic N) is 2. The summed E-state index contributed by atoms with van der Waals surface area (Å²) >= 11 is 0. The van der Waals surface area contributed by atoms with Gasteiger partial charge in [-0.25, -0.2) is 3.97 Å². The molecule has 180 valence electrons. The lowest BCUT2D eigenvalue weighted by molar-refractivity contribution is -0.117. The fourth-order valence-electron chi connectivity index (χ4n) is 3.25. The van der Waals surface area contributed by atoms with Gasteiger partial charge in [0.2, 0.25) is 0 Å². The second-order valence-electron chi connectivity index (χ2n) is 7.90. The Morgan fingerprint density at radius 2 is 1.76 bits per heavy atom. The van der Waals surface area contributed by atoms with Crippen molar-refractivity contribution in [3.05, 3.63) is 77.1 Å². The number of carbonyl (C=O) groups excluding carboxylic acids is 2. The first-order valence-electron chi connectivity index (χ1n) is 10.7. The highest BCUT2D eigenvalue weighted by Gasteiger charge is 2.22. The van der Waals surface area contributed by atoms with Gasteiger partial charge in [-0.1, -0.05) is 35.9 Å². The van der Waals surface area contributed by atoms with E-state index in [9.17, 15) is 18.0 Å². The standard InChI is InChI=1S/C24H28N4O5S/c1-17-9-11-18(12-10-17)23(30)26-21(24(31)25-13-6-14-29)15-19-16-28(34(32,33)27(2)3)22-8-5-4-7-20(19)22/h4-5,7-12,15-16,29H,6,13-14H2,1-3H3,(H,25,31)(H,26,30). The lowest BCUT2D eigenvalue weighted by Crippen LogP contribution is -2.35. The highest BCUT2D eigenvalue weighted by atomic mass is 32.2. The normalized spacial score (nSPS) is 12.2. The monoisotopic (exact) mass is 484 g/mol. The maximum Gasteiger partial charge on any atom is 0.307 e. The number of para-hydroxylation sites is 1. The molecule has 1 heterocycles. The van der Waals surface area contributed by atoms with Crippen LogP contribution in [0.5, 0.6) is 0 Å². The molecule has 0 saturated carbocycles. The highest BCUT2D eigenvalue weighted by Crippen LogP contribution is 2.25. The number of hydrogen-bond acceptors (Lipinski definition) is 5. The molecular weight excluding hydrogens is 456 g/mol. The molecule has 0 radical (unpaired) electrons. The topological polar surface area (TPSA) is 121 Å². The van der Waals surface area contributed by atoms with Crippen molar-refractivity contribution >= 4 is 39.0 Å². The van der Waals surface area contributed by atoms with Gasteiger partial charge in [-0.15, -0.1) is 0 Å². The van der Waals surface area contributed by atoms with Crippen molar-refractivity contribution in [3.63, 3.8) is 0 Å². The molecule has 2 amide bonds.